The SMILES string of the molecule is CCOC(=O)c1cc(C#N)c(S)cc1I. The summed E-state index contributed by atoms with van der Waals surface area (Å²) < 4.78 is 5.60. The summed E-state index contributed by atoms with van der Waals surface area (Å²) in [6, 6.07) is 5.15. The van der Waals surface area contributed by atoms with Crippen LogP contribution in [0.2, 0.25) is 0 Å². The monoisotopic (exact) mass is 333 g/mol. The standard InChI is InChI=1S/C10H8INO2S/c1-2-14-10(13)7-3-6(5-12)9(15)4-8(7)11/h3-4,15H,2H2,1H3. The van der Waals surface area contributed by atoms with E-state index >= 15 is 0 Å². The number of thiol groups is 1. The summed E-state index contributed by atoms with van der Waals surface area (Å²) in [5.74, 6) is -0.410. The largest absolute Gasteiger partial charge is 0.462 e. The van der Waals surface area contributed by atoms with Crippen LogP contribution in [-0.4, -0.2) is 12.6 Å². The molecule has 0 aliphatic carbocycles. The Morgan fingerprint density at radius 2 is 2.33 bits per heavy atom. The van der Waals surface area contributed by atoms with Gasteiger partial charge in [0.05, 0.1) is 17.7 Å². The van der Waals surface area contributed by atoms with E-state index in [0.29, 0.717) is 22.6 Å². The summed E-state index contributed by atoms with van der Waals surface area (Å²) in [7, 11) is 0. The highest BCUT2D eigenvalue weighted by Gasteiger charge is 2.13. The van der Waals surface area contributed by atoms with E-state index in [9.17, 15) is 4.79 Å². The molecule has 0 N–H and O–H groups in total. The number of ether oxygens (including phenoxy) is 1. The number of carbonyl (C=O) groups excluding carboxylic acids is 1. The lowest BCUT2D eigenvalue weighted by atomic mass is 10.1. The number of carbonyl (C=O) groups is 1. The van der Waals surface area contributed by atoms with Crippen molar-refractivity contribution >= 4 is 41.2 Å². The van der Waals surface area contributed by atoms with E-state index in [1.807, 2.05) is 28.7 Å². The van der Waals surface area contributed by atoms with Crippen LogP contribution in [-0.2, 0) is 4.74 Å². The van der Waals surface area contributed by atoms with E-state index in [0.717, 1.165) is 3.57 Å². The van der Waals surface area contributed by atoms with E-state index in [4.69, 9.17) is 10.00 Å². The molecule has 0 fully saturated rings. The fourth-order valence-electron chi connectivity index (χ4n) is 1.02. The summed E-state index contributed by atoms with van der Waals surface area (Å²) in [4.78, 5) is 12.0. The van der Waals surface area contributed by atoms with Crippen LogP contribution in [0.1, 0.15) is 22.8 Å². The van der Waals surface area contributed by atoms with Crippen LogP contribution >= 0.6 is 35.2 Å². The molecule has 1 rings (SSSR count). The number of hydrogen-bond donors (Lipinski definition) is 1. The predicted molar refractivity (Wildman–Crippen MR) is 67.1 cm³/mol. The van der Waals surface area contributed by atoms with Crippen molar-refractivity contribution in [3.05, 3.63) is 26.8 Å². The van der Waals surface area contributed by atoms with Crippen LogP contribution in [0.25, 0.3) is 0 Å². The molecule has 0 radical (unpaired) electrons. The van der Waals surface area contributed by atoms with Crippen LogP contribution in [0.3, 0.4) is 0 Å². The second kappa shape index (κ2) is 5.37. The van der Waals surface area contributed by atoms with Gasteiger partial charge < -0.3 is 4.74 Å². The second-order valence-corrected chi connectivity index (χ2v) is 4.33. The Morgan fingerprint density at radius 1 is 1.67 bits per heavy atom. The zero-order valence-electron chi connectivity index (χ0n) is 7.95. The minimum Gasteiger partial charge on any atom is -0.462 e. The van der Waals surface area contributed by atoms with Gasteiger partial charge in [0.15, 0.2) is 0 Å². The Labute approximate surface area is 107 Å². The van der Waals surface area contributed by atoms with Crippen LogP contribution in [0, 0.1) is 14.9 Å². The quantitative estimate of drug-likeness (QED) is 0.514. The number of nitriles is 1. The Kier molecular flexibility index (Phi) is 4.42. The normalized spacial score (nSPS) is 9.47. The van der Waals surface area contributed by atoms with E-state index in [2.05, 4.69) is 12.6 Å². The zero-order valence-corrected chi connectivity index (χ0v) is 11.0. The second-order valence-electron chi connectivity index (χ2n) is 2.68. The minimum atomic E-state index is -0.410. The van der Waals surface area contributed by atoms with Gasteiger partial charge in [-0.3, -0.25) is 0 Å². The summed E-state index contributed by atoms with van der Waals surface area (Å²) in [5, 5.41) is 8.79. The molecule has 15 heavy (non-hydrogen) atoms. The van der Waals surface area contributed by atoms with Crippen molar-refractivity contribution in [2.75, 3.05) is 6.61 Å². The van der Waals surface area contributed by atoms with Gasteiger partial charge in [-0.2, -0.15) is 5.26 Å². The third-order valence-electron chi connectivity index (χ3n) is 1.70. The molecule has 0 atom stereocenters. The van der Waals surface area contributed by atoms with Gasteiger partial charge in [0.1, 0.15) is 6.07 Å². The molecule has 0 saturated carbocycles. The molecule has 0 amide bonds. The van der Waals surface area contributed by atoms with Gasteiger partial charge in [-0.15, -0.1) is 12.6 Å². The van der Waals surface area contributed by atoms with Crippen LogP contribution in [0.15, 0.2) is 17.0 Å². The summed E-state index contributed by atoms with van der Waals surface area (Å²) in [5.41, 5.74) is 0.786. The number of halogens is 1. The number of benzene rings is 1. The van der Waals surface area contributed by atoms with Crippen molar-refractivity contribution in [2.24, 2.45) is 0 Å². The van der Waals surface area contributed by atoms with Crippen molar-refractivity contribution in [1.82, 2.24) is 0 Å². The molecule has 0 saturated heterocycles. The minimum absolute atomic E-state index is 0.319. The summed E-state index contributed by atoms with van der Waals surface area (Å²) in [6.07, 6.45) is 0. The third-order valence-corrected chi connectivity index (χ3v) is 2.96. The molecule has 0 bridgehead atoms. The van der Waals surface area contributed by atoms with Gasteiger partial charge in [-0.1, -0.05) is 0 Å². The van der Waals surface area contributed by atoms with Gasteiger partial charge in [-0.25, -0.2) is 4.79 Å². The molecular formula is C10H8INO2S. The Hall–Kier alpha value is -0.740. The first-order chi connectivity index (χ1) is 7.10. The first-order valence-electron chi connectivity index (χ1n) is 4.19. The molecular weight excluding hydrogens is 325 g/mol. The van der Waals surface area contributed by atoms with Gasteiger partial charge in [0, 0.05) is 8.47 Å². The lowest BCUT2D eigenvalue weighted by Gasteiger charge is -2.05. The predicted octanol–water partition coefficient (Wildman–Crippen LogP) is 2.63. The lowest BCUT2D eigenvalue weighted by Crippen LogP contribution is -2.07. The van der Waals surface area contributed by atoms with Crippen LogP contribution in [0.5, 0.6) is 0 Å². The molecule has 0 aromatic heterocycles. The highest BCUT2D eigenvalue weighted by Crippen LogP contribution is 2.21. The highest BCUT2D eigenvalue weighted by atomic mass is 127. The molecule has 1 aromatic rings. The maximum absolute atomic E-state index is 11.5. The van der Waals surface area contributed by atoms with Crippen molar-refractivity contribution in [3.63, 3.8) is 0 Å². The van der Waals surface area contributed by atoms with Gasteiger partial charge in [0.25, 0.3) is 0 Å². The molecule has 5 heteroatoms. The average Bonchev–Trinajstić information content (AvgIpc) is 2.18. The number of nitrogens with zero attached hydrogens (tertiary/aromatic N) is 1. The third kappa shape index (κ3) is 2.86. The van der Waals surface area contributed by atoms with E-state index in [-0.39, 0.29) is 0 Å². The smallest absolute Gasteiger partial charge is 0.339 e. The van der Waals surface area contributed by atoms with Gasteiger partial charge in [-0.05, 0) is 41.6 Å². The lowest BCUT2D eigenvalue weighted by molar-refractivity contribution is 0.0525. The van der Waals surface area contributed by atoms with Gasteiger partial charge in [0.2, 0.25) is 0 Å². The van der Waals surface area contributed by atoms with Gasteiger partial charge >= 0.3 is 5.97 Å². The van der Waals surface area contributed by atoms with E-state index in [1.54, 1.807) is 13.0 Å². The Balaban J connectivity index is 3.20. The topological polar surface area (TPSA) is 50.1 Å². The first kappa shape index (κ1) is 12.3. The fraction of sp³-hybridized carbons (Fsp3) is 0.200. The van der Waals surface area contributed by atoms with E-state index in [1.165, 1.54) is 6.07 Å². The molecule has 0 heterocycles. The van der Waals surface area contributed by atoms with Crippen molar-refractivity contribution in [2.45, 2.75) is 11.8 Å². The highest BCUT2D eigenvalue weighted by molar-refractivity contribution is 14.1. The van der Waals surface area contributed by atoms with Crippen molar-refractivity contribution < 1.29 is 9.53 Å². The molecule has 78 valence electrons. The first-order valence-corrected chi connectivity index (χ1v) is 5.72. The summed E-state index contributed by atoms with van der Waals surface area (Å²) >= 11 is 6.15. The zero-order chi connectivity index (χ0) is 11.4. The van der Waals surface area contributed by atoms with Crippen LogP contribution < -0.4 is 0 Å². The van der Waals surface area contributed by atoms with Crippen molar-refractivity contribution in [1.29, 1.82) is 5.26 Å². The fourth-order valence-corrected chi connectivity index (χ4v) is 2.19. The Bertz CT molecular complexity index is 440. The molecule has 3 nitrogen and oxygen atoms in total. The number of rotatable bonds is 2. The Morgan fingerprint density at radius 3 is 2.87 bits per heavy atom. The summed E-state index contributed by atoms with van der Waals surface area (Å²) in [6.45, 7) is 2.06. The molecule has 0 aliphatic heterocycles. The number of hydrogen-bond acceptors (Lipinski definition) is 4. The molecule has 1 aromatic carbocycles. The van der Waals surface area contributed by atoms with Crippen molar-refractivity contribution in [3.8, 4) is 6.07 Å². The van der Waals surface area contributed by atoms with E-state index < -0.39 is 5.97 Å². The number of esters is 1. The maximum Gasteiger partial charge on any atom is 0.339 e. The maximum atomic E-state index is 11.5. The molecule has 0 unspecified atom stereocenters. The average molecular weight is 333 g/mol. The van der Waals surface area contributed by atoms with Crippen LogP contribution in [0.4, 0.5) is 0 Å². The molecule has 0 spiro atoms. The molecule has 0 aliphatic rings.